The number of nitrogens with zero attached hydrogens (tertiary/aromatic N) is 2. The van der Waals surface area contributed by atoms with Crippen molar-refractivity contribution < 1.29 is 4.39 Å². The predicted molar refractivity (Wildman–Crippen MR) is 74.4 cm³/mol. The highest BCUT2D eigenvalue weighted by Gasteiger charge is 2.39. The number of nitrogen functional groups attached to an aromatic ring is 1. The van der Waals surface area contributed by atoms with Crippen LogP contribution >= 0.6 is 0 Å². The van der Waals surface area contributed by atoms with Gasteiger partial charge in [0.1, 0.15) is 5.82 Å². The molecule has 1 aliphatic rings. The SMILES string of the molecule is CN(CC1(N(C)C)CCC1)c1cc(N)cc(F)c1. The van der Waals surface area contributed by atoms with Crippen LogP contribution in [0.15, 0.2) is 18.2 Å². The Morgan fingerprint density at radius 1 is 1.22 bits per heavy atom. The Morgan fingerprint density at radius 3 is 2.33 bits per heavy atom. The van der Waals surface area contributed by atoms with Crippen LogP contribution < -0.4 is 10.6 Å². The molecular weight excluding hydrogens is 229 g/mol. The van der Waals surface area contributed by atoms with E-state index in [1.54, 1.807) is 6.07 Å². The van der Waals surface area contributed by atoms with Crippen molar-refractivity contribution in [1.29, 1.82) is 0 Å². The van der Waals surface area contributed by atoms with E-state index in [9.17, 15) is 4.39 Å². The van der Waals surface area contributed by atoms with Crippen LogP contribution in [0.3, 0.4) is 0 Å². The lowest BCUT2D eigenvalue weighted by molar-refractivity contribution is 0.0683. The van der Waals surface area contributed by atoms with E-state index in [4.69, 9.17) is 5.73 Å². The molecule has 0 amide bonds. The van der Waals surface area contributed by atoms with Gasteiger partial charge in [-0.25, -0.2) is 4.39 Å². The van der Waals surface area contributed by atoms with Gasteiger partial charge >= 0.3 is 0 Å². The van der Waals surface area contributed by atoms with E-state index in [-0.39, 0.29) is 11.4 Å². The summed E-state index contributed by atoms with van der Waals surface area (Å²) in [6.07, 6.45) is 3.68. The largest absolute Gasteiger partial charge is 0.399 e. The number of likely N-dealkylation sites (N-methyl/N-ethyl adjacent to an activating group) is 2. The molecule has 1 aromatic rings. The maximum absolute atomic E-state index is 13.4. The summed E-state index contributed by atoms with van der Waals surface area (Å²) in [5.41, 5.74) is 7.25. The van der Waals surface area contributed by atoms with Gasteiger partial charge in [-0.15, -0.1) is 0 Å². The number of halogens is 1. The molecule has 0 aromatic heterocycles. The van der Waals surface area contributed by atoms with E-state index in [0.717, 1.165) is 12.2 Å². The van der Waals surface area contributed by atoms with Gasteiger partial charge < -0.3 is 15.5 Å². The number of hydrogen-bond donors (Lipinski definition) is 1. The van der Waals surface area contributed by atoms with Crippen LogP contribution in [-0.2, 0) is 0 Å². The molecule has 0 bridgehead atoms. The number of hydrogen-bond acceptors (Lipinski definition) is 3. The standard InChI is InChI=1S/C14H22FN3/c1-17(2)14(5-4-6-14)10-18(3)13-8-11(15)7-12(16)9-13/h7-9H,4-6,10,16H2,1-3H3. The van der Waals surface area contributed by atoms with Gasteiger partial charge in [-0.05, 0) is 51.6 Å². The van der Waals surface area contributed by atoms with E-state index < -0.39 is 0 Å². The number of benzene rings is 1. The van der Waals surface area contributed by atoms with E-state index in [2.05, 4.69) is 23.9 Å². The first kappa shape index (κ1) is 13.1. The zero-order valence-electron chi connectivity index (χ0n) is 11.4. The Balaban J connectivity index is 2.14. The van der Waals surface area contributed by atoms with Crippen LogP contribution in [0.1, 0.15) is 19.3 Å². The molecular formula is C14H22FN3. The molecule has 0 radical (unpaired) electrons. The number of rotatable bonds is 4. The average Bonchev–Trinajstić information content (AvgIpc) is 2.21. The molecule has 0 atom stereocenters. The highest BCUT2D eigenvalue weighted by Crippen LogP contribution is 2.37. The Morgan fingerprint density at radius 2 is 1.89 bits per heavy atom. The molecule has 100 valence electrons. The van der Waals surface area contributed by atoms with Crippen LogP contribution in [-0.4, -0.2) is 38.1 Å². The van der Waals surface area contributed by atoms with Crippen molar-refractivity contribution in [2.75, 3.05) is 38.3 Å². The molecule has 0 spiro atoms. The predicted octanol–water partition coefficient (Wildman–Crippen LogP) is 2.33. The zero-order chi connectivity index (χ0) is 13.3. The van der Waals surface area contributed by atoms with Gasteiger partial charge in [-0.3, -0.25) is 0 Å². The van der Waals surface area contributed by atoms with Crippen LogP contribution in [0.25, 0.3) is 0 Å². The second kappa shape index (κ2) is 4.76. The maximum atomic E-state index is 13.4. The van der Waals surface area contributed by atoms with E-state index in [1.807, 2.05) is 13.1 Å². The normalized spacial score (nSPS) is 17.6. The summed E-state index contributed by atoms with van der Waals surface area (Å²) < 4.78 is 13.4. The monoisotopic (exact) mass is 251 g/mol. The minimum atomic E-state index is -0.274. The first-order valence-corrected chi connectivity index (χ1v) is 6.38. The van der Waals surface area contributed by atoms with Crippen LogP contribution in [0.5, 0.6) is 0 Å². The molecule has 0 aliphatic heterocycles. The fourth-order valence-corrected chi connectivity index (χ4v) is 2.68. The van der Waals surface area contributed by atoms with Crippen LogP contribution in [0, 0.1) is 5.82 Å². The topological polar surface area (TPSA) is 32.5 Å². The van der Waals surface area contributed by atoms with Crippen molar-refractivity contribution in [2.45, 2.75) is 24.8 Å². The van der Waals surface area contributed by atoms with Gasteiger partial charge in [-0.2, -0.15) is 0 Å². The van der Waals surface area contributed by atoms with Crippen molar-refractivity contribution in [3.8, 4) is 0 Å². The number of anilines is 2. The van der Waals surface area contributed by atoms with Crippen LogP contribution in [0.4, 0.5) is 15.8 Å². The molecule has 2 N–H and O–H groups in total. The third-order valence-corrected chi connectivity index (χ3v) is 4.11. The van der Waals surface area contributed by atoms with E-state index >= 15 is 0 Å². The third kappa shape index (κ3) is 2.43. The van der Waals surface area contributed by atoms with Gasteiger partial charge in [0.05, 0.1) is 0 Å². The Kier molecular flexibility index (Phi) is 3.48. The first-order chi connectivity index (χ1) is 8.43. The Bertz CT molecular complexity index is 407. The zero-order valence-corrected chi connectivity index (χ0v) is 11.4. The molecule has 0 saturated heterocycles. The lowest BCUT2D eigenvalue weighted by Crippen LogP contribution is -2.56. The Labute approximate surface area is 108 Å². The summed E-state index contributed by atoms with van der Waals surface area (Å²) in [5, 5.41) is 0. The summed E-state index contributed by atoms with van der Waals surface area (Å²) >= 11 is 0. The molecule has 1 saturated carbocycles. The smallest absolute Gasteiger partial charge is 0.127 e. The van der Waals surface area contributed by atoms with Crippen molar-refractivity contribution in [1.82, 2.24) is 4.90 Å². The lowest BCUT2D eigenvalue weighted by atomic mass is 9.75. The van der Waals surface area contributed by atoms with E-state index in [0.29, 0.717) is 5.69 Å². The van der Waals surface area contributed by atoms with Gasteiger partial charge in [0.25, 0.3) is 0 Å². The van der Waals surface area contributed by atoms with Gasteiger partial charge in [0, 0.05) is 30.5 Å². The molecule has 0 unspecified atom stereocenters. The van der Waals surface area contributed by atoms with Crippen molar-refractivity contribution in [2.24, 2.45) is 0 Å². The van der Waals surface area contributed by atoms with Crippen molar-refractivity contribution >= 4 is 11.4 Å². The number of nitrogens with two attached hydrogens (primary N) is 1. The summed E-state index contributed by atoms with van der Waals surface area (Å²) in [5.74, 6) is -0.274. The Hall–Kier alpha value is -1.29. The highest BCUT2D eigenvalue weighted by molar-refractivity contribution is 5.56. The highest BCUT2D eigenvalue weighted by atomic mass is 19.1. The summed E-state index contributed by atoms with van der Waals surface area (Å²) in [6, 6.07) is 4.71. The minimum Gasteiger partial charge on any atom is -0.399 e. The molecule has 2 rings (SSSR count). The summed E-state index contributed by atoms with van der Waals surface area (Å²) in [6.45, 7) is 0.906. The van der Waals surface area contributed by atoms with E-state index in [1.165, 1.54) is 25.3 Å². The van der Waals surface area contributed by atoms with Gasteiger partial charge in [0.2, 0.25) is 0 Å². The molecule has 3 nitrogen and oxygen atoms in total. The average molecular weight is 251 g/mol. The minimum absolute atomic E-state index is 0.232. The quantitative estimate of drug-likeness (QED) is 0.834. The maximum Gasteiger partial charge on any atom is 0.127 e. The summed E-state index contributed by atoms with van der Waals surface area (Å²) in [4.78, 5) is 4.38. The fraction of sp³-hybridized carbons (Fsp3) is 0.571. The molecule has 1 aromatic carbocycles. The van der Waals surface area contributed by atoms with Crippen LogP contribution in [0.2, 0.25) is 0 Å². The fourth-order valence-electron chi connectivity index (χ4n) is 2.68. The summed E-state index contributed by atoms with van der Waals surface area (Å²) in [7, 11) is 6.23. The molecule has 1 fully saturated rings. The second-order valence-electron chi connectivity index (χ2n) is 5.57. The van der Waals surface area contributed by atoms with Gasteiger partial charge in [-0.1, -0.05) is 0 Å². The molecule has 1 aliphatic carbocycles. The molecule has 0 heterocycles. The second-order valence-corrected chi connectivity index (χ2v) is 5.57. The van der Waals surface area contributed by atoms with Crippen molar-refractivity contribution in [3.63, 3.8) is 0 Å². The van der Waals surface area contributed by atoms with Gasteiger partial charge in [0.15, 0.2) is 0 Å². The first-order valence-electron chi connectivity index (χ1n) is 6.38. The third-order valence-electron chi connectivity index (χ3n) is 4.11. The molecule has 18 heavy (non-hydrogen) atoms. The lowest BCUT2D eigenvalue weighted by Gasteiger charge is -2.49. The molecule has 4 heteroatoms. The van der Waals surface area contributed by atoms with Crippen molar-refractivity contribution in [3.05, 3.63) is 24.0 Å².